The van der Waals surface area contributed by atoms with Crippen molar-refractivity contribution < 1.29 is 19.1 Å². The highest BCUT2D eigenvalue weighted by atomic mass is 16.5. The summed E-state index contributed by atoms with van der Waals surface area (Å²) in [6, 6.07) is 0. The second-order valence-electron chi connectivity index (χ2n) is 4.16. The van der Waals surface area contributed by atoms with E-state index in [1.54, 1.807) is 0 Å². The van der Waals surface area contributed by atoms with Crippen molar-refractivity contribution in [1.82, 2.24) is 0 Å². The summed E-state index contributed by atoms with van der Waals surface area (Å²) in [4.78, 5) is 23.8. The molecule has 4 heteroatoms. The van der Waals surface area contributed by atoms with Crippen molar-refractivity contribution in [2.75, 3.05) is 14.2 Å². The number of carbonyl (C=O) groups is 2. The van der Waals surface area contributed by atoms with Crippen LogP contribution in [0.15, 0.2) is 12.7 Å². The SMILES string of the molecule is C#CCC(CC#CCCCC=C)(C(=O)OC)C(=O)OC. The Labute approximate surface area is 120 Å². The lowest BCUT2D eigenvalue weighted by molar-refractivity contribution is -0.168. The Kier molecular flexibility index (Phi) is 8.63. The molecule has 0 unspecified atom stereocenters. The Morgan fingerprint density at radius 3 is 2.25 bits per heavy atom. The fourth-order valence-electron chi connectivity index (χ4n) is 1.64. The lowest BCUT2D eigenvalue weighted by atomic mass is 9.81. The Morgan fingerprint density at radius 2 is 1.80 bits per heavy atom. The second-order valence-corrected chi connectivity index (χ2v) is 4.16. The Hall–Kier alpha value is -2.20. The molecule has 0 fully saturated rings. The lowest BCUT2D eigenvalue weighted by Crippen LogP contribution is -2.40. The molecule has 0 saturated heterocycles. The van der Waals surface area contributed by atoms with Gasteiger partial charge in [-0.05, 0) is 12.8 Å². The van der Waals surface area contributed by atoms with Gasteiger partial charge in [0, 0.05) is 19.3 Å². The van der Waals surface area contributed by atoms with Crippen molar-refractivity contribution >= 4 is 11.9 Å². The topological polar surface area (TPSA) is 52.6 Å². The van der Waals surface area contributed by atoms with Crippen LogP contribution in [0.5, 0.6) is 0 Å². The van der Waals surface area contributed by atoms with Gasteiger partial charge >= 0.3 is 11.9 Å². The van der Waals surface area contributed by atoms with Crippen molar-refractivity contribution in [1.29, 1.82) is 0 Å². The first kappa shape index (κ1) is 17.8. The molecule has 0 aromatic carbocycles. The van der Waals surface area contributed by atoms with Gasteiger partial charge in [0.25, 0.3) is 0 Å². The summed E-state index contributed by atoms with van der Waals surface area (Å²) in [6.45, 7) is 3.62. The molecule has 0 aromatic heterocycles. The highest BCUT2D eigenvalue weighted by Crippen LogP contribution is 2.29. The monoisotopic (exact) mass is 276 g/mol. The summed E-state index contributed by atoms with van der Waals surface area (Å²) in [6.07, 6.45) is 9.37. The smallest absolute Gasteiger partial charge is 0.325 e. The molecule has 0 spiro atoms. The zero-order valence-corrected chi connectivity index (χ0v) is 12.0. The molecule has 0 radical (unpaired) electrons. The van der Waals surface area contributed by atoms with E-state index >= 15 is 0 Å². The molecule has 0 aliphatic heterocycles. The van der Waals surface area contributed by atoms with Gasteiger partial charge in [0.1, 0.15) is 0 Å². The predicted molar refractivity (Wildman–Crippen MR) is 76.4 cm³/mol. The van der Waals surface area contributed by atoms with Crippen LogP contribution in [0.4, 0.5) is 0 Å². The molecule has 0 aromatic rings. The standard InChI is InChI=1S/C16H20O4/c1-5-7-8-9-10-11-13-16(12-6-2,14(17)19-3)15(18)20-4/h2,5H,1,7-9,12-13H2,3-4H3. The van der Waals surface area contributed by atoms with Crippen molar-refractivity contribution in [3.8, 4) is 24.2 Å². The average molecular weight is 276 g/mol. The van der Waals surface area contributed by atoms with Crippen molar-refractivity contribution in [3.63, 3.8) is 0 Å². The Bertz CT molecular complexity index is 429. The first-order chi connectivity index (χ1) is 9.58. The lowest BCUT2D eigenvalue weighted by Gasteiger charge is -2.23. The summed E-state index contributed by atoms with van der Waals surface area (Å²) in [5.74, 6) is 6.61. The van der Waals surface area contributed by atoms with Gasteiger partial charge in [0.05, 0.1) is 14.2 Å². The van der Waals surface area contributed by atoms with Crippen molar-refractivity contribution in [3.05, 3.63) is 12.7 Å². The molecule has 0 amide bonds. The molecule has 0 rings (SSSR count). The van der Waals surface area contributed by atoms with Crippen LogP contribution in [-0.2, 0) is 19.1 Å². The van der Waals surface area contributed by atoms with E-state index in [0.29, 0.717) is 6.42 Å². The number of ether oxygens (including phenoxy) is 2. The van der Waals surface area contributed by atoms with Gasteiger partial charge in [-0.3, -0.25) is 9.59 Å². The van der Waals surface area contributed by atoms with E-state index in [2.05, 4.69) is 33.8 Å². The largest absolute Gasteiger partial charge is 0.468 e. The zero-order valence-electron chi connectivity index (χ0n) is 12.0. The minimum absolute atomic E-state index is 0.00929. The average Bonchev–Trinajstić information content (AvgIpc) is 2.47. The number of carbonyl (C=O) groups excluding carboxylic acids is 2. The number of rotatable bonds is 7. The van der Waals surface area contributed by atoms with Crippen molar-refractivity contribution in [2.45, 2.75) is 32.1 Å². The van der Waals surface area contributed by atoms with Crippen LogP contribution in [0.1, 0.15) is 32.1 Å². The van der Waals surface area contributed by atoms with Crippen LogP contribution in [0.3, 0.4) is 0 Å². The molecule has 20 heavy (non-hydrogen) atoms. The molecule has 0 bridgehead atoms. The first-order valence-corrected chi connectivity index (χ1v) is 6.26. The van der Waals surface area contributed by atoms with E-state index < -0.39 is 17.4 Å². The van der Waals surface area contributed by atoms with Crippen LogP contribution in [0.25, 0.3) is 0 Å². The highest BCUT2D eigenvalue weighted by Gasteiger charge is 2.47. The van der Waals surface area contributed by atoms with Gasteiger partial charge in [-0.15, -0.1) is 30.8 Å². The molecular weight excluding hydrogens is 256 g/mol. The minimum atomic E-state index is -1.54. The third-order valence-electron chi connectivity index (χ3n) is 2.78. The summed E-state index contributed by atoms with van der Waals surface area (Å²) >= 11 is 0. The van der Waals surface area contributed by atoms with E-state index in [1.165, 1.54) is 14.2 Å². The maximum absolute atomic E-state index is 11.9. The van der Waals surface area contributed by atoms with Gasteiger partial charge in [-0.2, -0.15) is 0 Å². The molecule has 0 aliphatic carbocycles. The molecule has 0 atom stereocenters. The fraction of sp³-hybridized carbons (Fsp3) is 0.500. The maximum atomic E-state index is 11.9. The van der Waals surface area contributed by atoms with Gasteiger partial charge in [-0.25, -0.2) is 0 Å². The van der Waals surface area contributed by atoms with Gasteiger partial charge in [0.15, 0.2) is 5.41 Å². The number of hydrogen-bond acceptors (Lipinski definition) is 4. The normalized spacial score (nSPS) is 9.65. The third-order valence-corrected chi connectivity index (χ3v) is 2.78. The van der Waals surface area contributed by atoms with E-state index in [0.717, 1.165) is 12.8 Å². The van der Waals surface area contributed by atoms with Crippen LogP contribution < -0.4 is 0 Å². The molecule has 0 aliphatic rings. The van der Waals surface area contributed by atoms with Crippen LogP contribution >= 0.6 is 0 Å². The van der Waals surface area contributed by atoms with Gasteiger partial charge in [-0.1, -0.05) is 6.08 Å². The quantitative estimate of drug-likeness (QED) is 0.235. The number of unbranched alkanes of at least 4 members (excludes halogenated alkanes) is 2. The molecule has 4 nitrogen and oxygen atoms in total. The minimum Gasteiger partial charge on any atom is -0.468 e. The Morgan fingerprint density at radius 1 is 1.20 bits per heavy atom. The van der Waals surface area contributed by atoms with Gasteiger partial charge < -0.3 is 9.47 Å². The fourth-order valence-corrected chi connectivity index (χ4v) is 1.64. The molecule has 0 heterocycles. The summed E-state index contributed by atoms with van der Waals surface area (Å²) < 4.78 is 9.34. The highest BCUT2D eigenvalue weighted by molar-refractivity contribution is 6.00. The van der Waals surface area contributed by atoms with Crippen LogP contribution in [-0.4, -0.2) is 26.2 Å². The summed E-state index contributed by atoms with van der Waals surface area (Å²) in [5, 5.41) is 0. The number of esters is 2. The van der Waals surface area contributed by atoms with E-state index in [1.807, 2.05) is 6.08 Å². The second kappa shape index (κ2) is 9.69. The number of hydrogen-bond donors (Lipinski definition) is 0. The summed E-state index contributed by atoms with van der Waals surface area (Å²) in [5.41, 5.74) is -1.54. The Balaban J connectivity index is 5.01. The van der Waals surface area contributed by atoms with Gasteiger partial charge in [0.2, 0.25) is 0 Å². The zero-order chi connectivity index (χ0) is 15.4. The molecule has 0 N–H and O–H groups in total. The number of terminal acetylenes is 1. The number of allylic oxidation sites excluding steroid dienone is 1. The van der Waals surface area contributed by atoms with E-state index in [4.69, 9.17) is 6.42 Å². The van der Waals surface area contributed by atoms with Crippen LogP contribution in [0, 0.1) is 29.6 Å². The first-order valence-electron chi connectivity index (χ1n) is 6.26. The molecule has 108 valence electrons. The molecule has 0 saturated carbocycles. The molecular formula is C16H20O4. The maximum Gasteiger partial charge on any atom is 0.325 e. The number of methoxy groups -OCH3 is 2. The van der Waals surface area contributed by atoms with Crippen LogP contribution in [0.2, 0.25) is 0 Å². The van der Waals surface area contributed by atoms with E-state index in [9.17, 15) is 9.59 Å². The predicted octanol–water partition coefficient (Wildman–Crippen LogP) is 2.09. The third kappa shape index (κ3) is 4.82. The summed E-state index contributed by atoms with van der Waals surface area (Å²) in [7, 11) is 2.40. The van der Waals surface area contributed by atoms with Crippen molar-refractivity contribution in [2.24, 2.45) is 5.41 Å². The van der Waals surface area contributed by atoms with E-state index in [-0.39, 0.29) is 12.8 Å².